The van der Waals surface area contributed by atoms with Gasteiger partial charge in [-0.1, -0.05) is 6.07 Å². The first-order valence-corrected chi connectivity index (χ1v) is 3.67. The number of aromatic nitrogens is 1. The van der Waals surface area contributed by atoms with Crippen molar-refractivity contribution in [2.75, 3.05) is 6.54 Å². The molecule has 2 N–H and O–H groups in total. The van der Waals surface area contributed by atoms with Crippen molar-refractivity contribution in [2.24, 2.45) is 5.73 Å². The minimum atomic E-state index is -2.49. The molecule has 4 heteroatoms. The summed E-state index contributed by atoms with van der Waals surface area (Å²) in [6.45, 7) is 0.510. The Morgan fingerprint density at radius 2 is 2.17 bits per heavy atom. The molecule has 1 heterocycles. The number of nitrogens with two attached hydrogens (primary N) is 1. The Morgan fingerprint density at radius 3 is 2.58 bits per heavy atom. The second kappa shape index (κ2) is 4.11. The lowest BCUT2D eigenvalue weighted by Gasteiger charge is -2.00. The average Bonchev–Trinajstić information content (AvgIpc) is 2.06. The highest BCUT2D eigenvalue weighted by Gasteiger charge is 2.06. The summed E-state index contributed by atoms with van der Waals surface area (Å²) in [5.74, 6) is 0. The van der Waals surface area contributed by atoms with E-state index in [2.05, 4.69) is 4.98 Å². The van der Waals surface area contributed by atoms with Gasteiger partial charge in [-0.15, -0.1) is 0 Å². The van der Waals surface area contributed by atoms with Crippen LogP contribution in [0.1, 0.15) is 17.7 Å². The summed E-state index contributed by atoms with van der Waals surface area (Å²) in [7, 11) is 0. The molecule has 0 unspecified atom stereocenters. The van der Waals surface area contributed by atoms with Gasteiger partial charge in [-0.3, -0.25) is 4.98 Å². The lowest BCUT2D eigenvalue weighted by Crippen LogP contribution is -2.03. The molecule has 1 rings (SSSR count). The summed E-state index contributed by atoms with van der Waals surface area (Å²) in [6.07, 6.45) is -0.373. The van der Waals surface area contributed by atoms with Gasteiger partial charge in [-0.25, -0.2) is 8.78 Å². The van der Waals surface area contributed by atoms with E-state index in [1.807, 2.05) is 0 Å². The van der Waals surface area contributed by atoms with Crippen molar-refractivity contribution in [1.29, 1.82) is 0 Å². The third kappa shape index (κ3) is 2.23. The largest absolute Gasteiger partial charge is 0.330 e. The Kier molecular flexibility index (Phi) is 3.10. The maximum Gasteiger partial charge on any atom is 0.280 e. The summed E-state index contributed by atoms with van der Waals surface area (Å²) >= 11 is 0. The summed E-state index contributed by atoms with van der Waals surface area (Å²) < 4.78 is 24.0. The van der Waals surface area contributed by atoms with Crippen LogP contribution in [0.2, 0.25) is 0 Å². The van der Waals surface area contributed by atoms with Crippen molar-refractivity contribution in [3.05, 3.63) is 29.6 Å². The first-order valence-electron chi connectivity index (χ1n) is 3.67. The van der Waals surface area contributed by atoms with E-state index in [0.717, 1.165) is 5.56 Å². The molecule has 66 valence electrons. The molecule has 0 spiro atoms. The van der Waals surface area contributed by atoms with Gasteiger partial charge in [0.15, 0.2) is 0 Å². The number of alkyl halides is 2. The summed E-state index contributed by atoms with van der Waals surface area (Å²) in [5, 5.41) is 0. The predicted octanol–water partition coefficient (Wildman–Crippen LogP) is 1.52. The summed E-state index contributed by atoms with van der Waals surface area (Å²) in [5.41, 5.74) is 5.99. The fourth-order valence-corrected chi connectivity index (χ4v) is 0.880. The molecule has 0 bridgehead atoms. The van der Waals surface area contributed by atoms with Crippen LogP contribution in [-0.4, -0.2) is 11.5 Å². The smallest absolute Gasteiger partial charge is 0.280 e. The van der Waals surface area contributed by atoms with Gasteiger partial charge in [0.25, 0.3) is 6.43 Å². The number of nitrogens with zero attached hydrogens (tertiary/aromatic N) is 1. The molecule has 0 saturated heterocycles. The zero-order valence-corrected chi connectivity index (χ0v) is 6.50. The molecule has 0 amide bonds. The van der Waals surface area contributed by atoms with Crippen molar-refractivity contribution in [3.63, 3.8) is 0 Å². The van der Waals surface area contributed by atoms with E-state index in [1.165, 1.54) is 12.3 Å². The number of hydrogen-bond acceptors (Lipinski definition) is 2. The van der Waals surface area contributed by atoms with Crippen molar-refractivity contribution >= 4 is 0 Å². The van der Waals surface area contributed by atoms with E-state index < -0.39 is 6.43 Å². The second-order valence-corrected chi connectivity index (χ2v) is 2.43. The van der Waals surface area contributed by atoms with Crippen LogP contribution in [0.5, 0.6) is 0 Å². The van der Waals surface area contributed by atoms with Gasteiger partial charge < -0.3 is 5.73 Å². The lowest BCUT2D eigenvalue weighted by atomic mass is 10.2. The second-order valence-electron chi connectivity index (χ2n) is 2.43. The molecule has 0 fully saturated rings. The van der Waals surface area contributed by atoms with Crippen LogP contribution in [0.25, 0.3) is 0 Å². The van der Waals surface area contributed by atoms with Gasteiger partial charge in [0.2, 0.25) is 0 Å². The lowest BCUT2D eigenvalue weighted by molar-refractivity contribution is 0.146. The van der Waals surface area contributed by atoms with Crippen LogP contribution in [0.4, 0.5) is 8.78 Å². The molecule has 0 aliphatic heterocycles. The van der Waals surface area contributed by atoms with Crippen LogP contribution in [0.3, 0.4) is 0 Å². The fourth-order valence-electron chi connectivity index (χ4n) is 0.880. The highest BCUT2D eigenvalue weighted by Crippen LogP contribution is 2.15. The Morgan fingerprint density at radius 1 is 1.42 bits per heavy atom. The topological polar surface area (TPSA) is 38.9 Å². The third-order valence-corrected chi connectivity index (χ3v) is 1.50. The molecule has 0 aliphatic rings. The first kappa shape index (κ1) is 9.06. The van der Waals surface area contributed by atoms with E-state index in [0.29, 0.717) is 13.0 Å². The van der Waals surface area contributed by atoms with Crippen LogP contribution in [0.15, 0.2) is 18.3 Å². The van der Waals surface area contributed by atoms with E-state index in [4.69, 9.17) is 5.73 Å². The Bertz CT molecular complexity index is 233. The molecule has 1 aromatic rings. The van der Waals surface area contributed by atoms with Gasteiger partial charge in [0.05, 0.1) is 0 Å². The number of rotatable bonds is 3. The van der Waals surface area contributed by atoms with Crippen LogP contribution >= 0.6 is 0 Å². The predicted molar refractivity (Wildman–Crippen MR) is 42.0 cm³/mol. The third-order valence-electron chi connectivity index (χ3n) is 1.50. The zero-order valence-electron chi connectivity index (χ0n) is 6.50. The molecular formula is C8H10F2N2. The number of halogens is 2. The van der Waals surface area contributed by atoms with Crippen LogP contribution in [0, 0.1) is 0 Å². The van der Waals surface area contributed by atoms with Gasteiger partial charge in [0, 0.05) is 6.20 Å². The number of hydrogen-bond donors (Lipinski definition) is 1. The monoisotopic (exact) mass is 172 g/mol. The Balaban J connectivity index is 2.71. The maximum absolute atomic E-state index is 12.0. The van der Waals surface area contributed by atoms with Crippen LogP contribution < -0.4 is 5.73 Å². The molecular weight excluding hydrogens is 162 g/mol. The van der Waals surface area contributed by atoms with Gasteiger partial charge in [-0.2, -0.15) is 0 Å². The summed E-state index contributed by atoms with van der Waals surface area (Å²) in [6, 6.07) is 2.96. The minimum absolute atomic E-state index is 0.184. The van der Waals surface area contributed by atoms with E-state index >= 15 is 0 Å². The van der Waals surface area contributed by atoms with Gasteiger partial charge >= 0.3 is 0 Å². The van der Waals surface area contributed by atoms with Gasteiger partial charge in [-0.05, 0) is 24.6 Å². The normalized spacial score (nSPS) is 10.7. The van der Waals surface area contributed by atoms with Crippen molar-refractivity contribution < 1.29 is 8.78 Å². The molecule has 0 atom stereocenters. The molecule has 1 aromatic heterocycles. The molecule has 0 saturated carbocycles. The van der Waals surface area contributed by atoms with E-state index in [-0.39, 0.29) is 5.69 Å². The van der Waals surface area contributed by atoms with Gasteiger partial charge in [0.1, 0.15) is 5.69 Å². The quantitative estimate of drug-likeness (QED) is 0.750. The summed E-state index contributed by atoms with van der Waals surface area (Å²) in [4.78, 5) is 3.59. The number of pyridine rings is 1. The minimum Gasteiger partial charge on any atom is -0.330 e. The first-order chi connectivity index (χ1) is 5.74. The molecule has 12 heavy (non-hydrogen) atoms. The zero-order chi connectivity index (χ0) is 8.97. The van der Waals surface area contributed by atoms with E-state index in [1.54, 1.807) is 6.07 Å². The molecule has 0 radical (unpaired) electrons. The Labute approximate surface area is 69.4 Å². The highest BCUT2D eigenvalue weighted by molar-refractivity contribution is 5.14. The van der Waals surface area contributed by atoms with Crippen molar-refractivity contribution in [3.8, 4) is 0 Å². The highest BCUT2D eigenvalue weighted by atomic mass is 19.3. The fraction of sp³-hybridized carbons (Fsp3) is 0.375. The van der Waals surface area contributed by atoms with E-state index in [9.17, 15) is 8.78 Å². The molecule has 2 nitrogen and oxygen atoms in total. The molecule has 0 aromatic carbocycles. The van der Waals surface area contributed by atoms with Crippen molar-refractivity contribution in [1.82, 2.24) is 4.98 Å². The standard InChI is InChI=1S/C8H10F2N2/c9-8(10)7-2-1-6(3-4-11)5-12-7/h1-2,5,8H,3-4,11H2. The Hall–Kier alpha value is -1.03. The SMILES string of the molecule is NCCc1ccc(C(F)F)nc1. The van der Waals surface area contributed by atoms with Crippen molar-refractivity contribution in [2.45, 2.75) is 12.8 Å². The molecule has 0 aliphatic carbocycles. The average molecular weight is 172 g/mol. The maximum atomic E-state index is 12.0. The van der Waals surface area contributed by atoms with Crippen LogP contribution in [-0.2, 0) is 6.42 Å².